The predicted octanol–water partition coefficient (Wildman–Crippen LogP) is 15.9. The van der Waals surface area contributed by atoms with E-state index in [2.05, 4.69) is 295 Å². The Morgan fingerprint density at radius 3 is 1.42 bits per heavy atom. The minimum Gasteiger partial charge on any atom is -0.311 e. The molecule has 0 fully saturated rings. The van der Waals surface area contributed by atoms with Gasteiger partial charge in [0, 0.05) is 56.6 Å². The summed E-state index contributed by atoms with van der Waals surface area (Å²) in [7, 11) is 0. The van der Waals surface area contributed by atoms with E-state index in [4.69, 9.17) is 0 Å². The summed E-state index contributed by atoms with van der Waals surface area (Å²) in [6, 6.07) is 99.7. The Balaban J connectivity index is 0.997. The minimum atomic E-state index is -0.558. The summed E-state index contributed by atoms with van der Waals surface area (Å²) in [5, 5.41) is 0. The lowest BCUT2D eigenvalue weighted by Gasteiger charge is -2.44. The monoisotopic (exact) mass is 943 g/mol. The molecule has 3 nitrogen and oxygen atoms in total. The zero-order valence-corrected chi connectivity index (χ0v) is 41.3. The van der Waals surface area contributed by atoms with Gasteiger partial charge in [-0.2, -0.15) is 0 Å². The lowest BCUT2D eigenvalue weighted by Crippen LogP contribution is -2.61. The van der Waals surface area contributed by atoms with E-state index in [0.29, 0.717) is 0 Å². The summed E-state index contributed by atoms with van der Waals surface area (Å²) in [5.74, 6) is 0. The predicted molar refractivity (Wildman–Crippen MR) is 310 cm³/mol. The van der Waals surface area contributed by atoms with Crippen LogP contribution in [0.2, 0.25) is 0 Å². The molecule has 11 aromatic rings. The molecule has 11 aromatic carbocycles. The third-order valence-corrected chi connectivity index (χ3v) is 16.7. The lowest BCUT2D eigenvalue weighted by molar-refractivity contribution is 0.660. The van der Waals surface area contributed by atoms with Crippen molar-refractivity contribution in [2.45, 2.75) is 24.7 Å². The average Bonchev–Trinajstić information content (AvgIpc) is 3.90. The van der Waals surface area contributed by atoms with Gasteiger partial charge < -0.3 is 14.7 Å². The Kier molecular flexibility index (Phi) is 9.32. The van der Waals surface area contributed by atoms with Crippen molar-refractivity contribution in [3.63, 3.8) is 0 Å². The zero-order chi connectivity index (χ0) is 49.1. The van der Waals surface area contributed by atoms with Gasteiger partial charge in [0.1, 0.15) is 0 Å². The van der Waals surface area contributed by atoms with Crippen LogP contribution in [0.25, 0.3) is 22.3 Å². The molecule has 0 aromatic heterocycles. The maximum absolute atomic E-state index is 2.58. The van der Waals surface area contributed by atoms with Crippen LogP contribution in [0.15, 0.2) is 267 Å². The molecule has 0 bridgehead atoms. The molecule has 0 unspecified atom stereocenters. The van der Waals surface area contributed by atoms with Gasteiger partial charge >= 0.3 is 0 Å². The first-order valence-electron chi connectivity index (χ1n) is 26.0. The van der Waals surface area contributed by atoms with Gasteiger partial charge in [-0.15, -0.1) is 0 Å². The van der Waals surface area contributed by atoms with Crippen LogP contribution < -0.4 is 31.1 Å². The quantitative estimate of drug-likeness (QED) is 0.147. The summed E-state index contributed by atoms with van der Waals surface area (Å²) < 4.78 is 0. The largest absolute Gasteiger partial charge is 0.311 e. The van der Waals surface area contributed by atoms with Gasteiger partial charge in [0.15, 0.2) is 0 Å². The maximum Gasteiger partial charge on any atom is 0.252 e. The van der Waals surface area contributed by atoms with E-state index in [1.807, 2.05) is 0 Å². The standard InChI is InChI=1S/C70H50BN3/c1-69(2)58-32-17-15-30-54(58)56-41-38-51(44-60(56)69)73-64-35-20-19-34-62(64)71-63-43-40-53(72(49-26-11-5-12-27-49)50-28-13-6-14-29-50)46-67(63)74(66-37-21-36-65(73)68(66)71)52-39-42-57-55-31-16-18-33-59(55)70(61(57)45-52,47-22-7-3-8-23-47)48-24-9-4-10-25-48/h3-46H,1-2H3. The van der Waals surface area contributed by atoms with Crippen LogP contribution in [0, 0.1) is 0 Å². The third kappa shape index (κ3) is 5.97. The molecule has 2 heterocycles. The van der Waals surface area contributed by atoms with Crippen LogP contribution in [0.5, 0.6) is 0 Å². The molecule has 0 saturated carbocycles. The molecular weight excluding hydrogens is 894 g/mol. The number of benzene rings is 11. The second-order valence-corrected chi connectivity index (χ2v) is 20.8. The first-order chi connectivity index (χ1) is 36.5. The van der Waals surface area contributed by atoms with E-state index in [1.165, 1.54) is 94.8 Å². The second kappa shape index (κ2) is 16.2. The van der Waals surface area contributed by atoms with Crippen LogP contribution in [-0.4, -0.2) is 6.71 Å². The van der Waals surface area contributed by atoms with E-state index in [0.717, 1.165) is 28.4 Å². The Morgan fingerprint density at radius 2 is 0.784 bits per heavy atom. The topological polar surface area (TPSA) is 9.72 Å². The fraction of sp³-hybridized carbons (Fsp3) is 0.0571. The van der Waals surface area contributed by atoms with Gasteiger partial charge in [0.25, 0.3) is 6.71 Å². The third-order valence-electron chi connectivity index (χ3n) is 16.7. The van der Waals surface area contributed by atoms with Crippen LogP contribution in [0.4, 0.5) is 51.2 Å². The van der Waals surface area contributed by atoms with E-state index < -0.39 is 5.41 Å². The summed E-state index contributed by atoms with van der Waals surface area (Å²) in [6.45, 7) is 4.73. The molecule has 0 N–H and O–H groups in total. The highest BCUT2D eigenvalue weighted by molar-refractivity contribution is 7.00. The summed E-state index contributed by atoms with van der Waals surface area (Å²) in [4.78, 5) is 7.52. The van der Waals surface area contributed by atoms with Crippen LogP contribution in [0.3, 0.4) is 0 Å². The molecular formula is C70H50BN3. The Labute approximate surface area is 434 Å². The van der Waals surface area contributed by atoms with E-state index in [1.54, 1.807) is 0 Å². The fourth-order valence-electron chi connectivity index (χ4n) is 13.6. The molecule has 74 heavy (non-hydrogen) atoms. The van der Waals surface area contributed by atoms with Gasteiger partial charge in [-0.05, 0) is 151 Å². The summed E-state index contributed by atoms with van der Waals surface area (Å²) >= 11 is 0. The smallest absolute Gasteiger partial charge is 0.252 e. The molecule has 0 atom stereocenters. The number of rotatable bonds is 7. The average molecular weight is 944 g/mol. The molecule has 0 radical (unpaired) electrons. The molecule has 0 amide bonds. The lowest BCUT2D eigenvalue weighted by atomic mass is 9.33. The van der Waals surface area contributed by atoms with Crippen molar-refractivity contribution in [1.29, 1.82) is 0 Å². The van der Waals surface area contributed by atoms with Gasteiger partial charge in [-0.25, -0.2) is 0 Å². The van der Waals surface area contributed by atoms with Crippen molar-refractivity contribution in [1.82, 2.24) is 0 Å². The van der Waals surface area contributed by atoms with E-state index in [-0.39, 0.29) is 12.1 Å². The van der Waals surface area contributed by atoms with Gasteiger partial charge in [0.2, 0.25) is 0 Å². The highest BCUT2D eigenvalue weighted by atomic mass is 15.2. The van der Waals surface area contributed by atoms with E-state index >= 15 is 0 Å². The van der Waals surface area contributed by atoms with Crippen molar-refractivity contribution in [3.05, 3.63) is 300 Å². The zero-order valence-electron chi connectivity index (χ0n) is 41.3. The Hall–Kier alpha value is -9.12. The normalized spacial score (nSPS) is 14.5. The molecule has 0 saturated heterocycles. The first-order valence-corrected chi connectivity index (χ1v) is 26.0. The number of hydrogen-bond donors (Lipinski definition) is 0. The number of fused-ring (bicyclic) bond motifs is 10. The molecule has 2 aliphatic heterocycles. The highest BCUT2D eigenvalue weighted by Gasteiger charge is 2.48. The fourth-order valence-corrected chi connectivity index (χ4v) is 13.6. The molecule has 348 valence electrons. The maximum atomic E-state index is 2.58. The number of anilines is 9. The van der Waals surface area contributed by atoms with Gasteiger partial charge in [-0.1, -0.05) is 202 Å². The van der Waals surface area contributed by atoms with E-state index in [9.17, 15) is 0 Å². The van der Waals surface area contributed by atoms with Crippen LogP contribution >= 0.6 is 0 Å². The highest BCUT2D eigenvalue weighted by Crippen LogP contribution is 2.58. The van der Waals surface area contributed by atoms with Crippen molar-refractivity contribution >= 4 is 74.3 Å². The van der Waals surface area contributed by atoms with Crippen molar-refractivity contribution in [2.24, 2.45) is 0 Å². The van der Waals surface area contributed by atoms with Crippen LogP contribution in [-0.2, 0) is 10.8 Å². The molecule has 0 spiro atoms. The van der Waals surface area contributed by atoms with Gasteiger partial charge in [-0.3, -0.25) is 0 Å². The molecule has 15 rings (SSSR count). The van der Waals surface area contributed by atoms with Gasteiger partial charge in [0.05, 0.1) is 5.41 Å². The van der Waals surface area contributed by atoms with Crippen LogP contribution in [0.1, 0.15) is 47.2 Å². The summed E-state index contributed by atoms with van der Waals surface area (Å²) in [6.07, 6.45) is 0. The summed E-state index contributed by atoms with van der Waals surface area (Å²) in [5.41, 5.74) is 26.5. The SMILES string of the molecule is CC1(C)c2ccccc2-c2ccc(N3c4ccccc4B4c5ccc(N(c6ccccc6)c6ccccc6)cc5N(c5ccc6c(c5)C(c5ccccc5)(c5ccccc5)c5ccccc5-6)c5cccc3c54)cc21. The van der Waals surface area contributed by atoms with Crippen molar-refractivity contribution in [2.75, 3.05) is 14.7 Å². The number of nitrogens with zero attached hydrogens (tertiary/aromatic N) is 3. The Morgan fingerprint density at radius 1 is 0.324 bits per heavy atom. The Bertz CT molecular complexity index is 3940. The molecule has 2 aliphatic carbocycles. The van der Waals surface area contributed by atoms with Crippen molar-refractivity contribution in [3.8, 4) is 22.3 Å². The second-order valence-electron chi connectivity index (χ2n) is 20.8. The number of hydrogen-bond acceptors (Lipinski definition) is 3. The molecule has 4 aliphatic rings. The minimum absolute atomic E-state index is 0.0302. The molecule has 4 heteroatoms. The first kappa shape index (κ1) is 42.6. The number of para-hydroxylation sites is 3. The van der Waals surface area contributed by atoms with Crippen molar-refractivity contribution < 1.29 is 0 Å².